The number of rotatable bonds is 10. The Labute approximate surface area is 244 Å². The van der Waals surface area contributed by atoms with Gasteiger partial charge in [0.15, 0.2) is 0 Å². The van der Waals surface area contributed by atoms with Crippen LogP contribution in [0.2, 0.25) is 0 Å². The van der Waals surface area contributed by atoms with Crippen LogP contribution in [0.1, 0.15) is 51.3 Å². The highest BCUT2D eigenvalue weighted by atomic mass is 19.1. The van der Waals surface area contributed by atoms with Crippen molar-refractivity contribution in [1.29, 1.82) is 0 Å². The highest BCUT2D eigenvalue weighted by molar-refractivity contribution is 6.10. The molecule has 42 heavy (non-hydrogen) atoms. The number of ether oxygens (including phenoxy) is 1. The average molecular weight is 565 g/mol. The summed E-state index contributed by atoms with van der Waals surface area (Å²) in [6.07, 6.45) is 0.510. The fourth-order valence-corrected chi connectivity index (χ4v) is 5.12. The van der Waals surface area contributed by atoms with Gasteiger partial charge in [-0.05, 0) is 82.6 Å². The molecule has 5 rings (SSSR count). The lowest BCUT2D eigenvalue weighted by molar-refractivity contribution is 0.0948. The van der Waals surface area contributed by atoms with E-state index in [1.807, 2.05) is 54.6 Å². The van der Waals surface area contributed by atoms with Crippen LogP contribution in [0.25, 0.3) is 33.4 Å². The van der Waals surface area contributed by atoms with Crippen molar-refractivity contribution in [3.8, 4) is 22.5 Å². The normalized spacial score (nSPS) is 11.3. The van der Waals surface area contributed by atoms with E-state index in [4.69, 9.17) is 14.9 Å². The molecule has 1 heterocycles. The minimum atomic E-state index is -0.631. The fraction of sp³-hybridized carbons (Fsp3) is 0.200. The molecule has 6 nitrogen and oxygen atoms in total. The lowest BCUT2D eigenvalue weighted by atomic mass is 9.92. The molecule has 4 aromatic carbocycles. The summed E-state index contributed by atoms with van der Waals surface area (Å²) >= 11 is 0. The molecule has 0 spiro atoms. The van der Waals surface area contributed by atoms with Gasteiger partial charge in [0.05, 0.1) is 12.2 Å². The molecule has 0 saturated carbocycles. The summed E-state index contributed by atoms with van der Waals surface area (Å²) in [5.74, 6) is -0.546. The minimum Gasteiger partial charge on any atom is -0.455 e. The topological polar surface area (TPSA) is 94.6 Å². The van der Waals surface area contributed by atoms with E-state index in [2.05, 4.69) is 19.2 Å². The van der Waals surface area contributed by atoms with Crippen molar-refractivity contribution in [3.63, 3.8) is 0 Å². The molecule has 5 aromatic rings. The molecule has 2 amide bonds. The molecule has 0 fully saturated rings. The van der Waals surface area contributed by atoms with Crippen molar-refractivity contribution in [2.75, 3.05) is 13.7 Å². The number of halogens is 1. The molecule has 0 atom stereocenters. The minimum absolute atomic E-state index is 0.141. The Morgan fingerprint density at radius 1 is 0.929 bits per heavy atom. The highest BCUT2D eigenvalue weighted by Gasteiger charge is 2.21. The second kappa shape index (κ2) is 12.4. The Morgan fingerprint density at radius 2 is 1.64 bits per heavy atom. The number of nitrogens with two attached hydrogens (primary N) is 1. The number of amides is 2. The summed E-state index contributed by atoms with van der Waals surface area (Å²) in [5, 5.41) is 3.64. The van der Waals surface area contributed by atoms with E-state index in [-0.39, 0.29) is 17.3 Å². The Bertz CT molecular complexity index is 1760. The molecule has 0 aliphatic rings. The second-order valence-corrected chi connectivity index (χ2v) is 10.8. The Kier molecular flexibility index (Phi) is 8.50. The maximum atomic E-state index is 13.5. The molecule has 0 aliphatic carbocycles. The van der Waals surface area contributed by atoms with E-state index >= 15 is 0 Å². The number of nitrogens with one attached hydrogen (secondary N) is 1. The first-order chi connectivity index (χ1) is 20.2. The Balaban J connectivity index is 1.54. The first kappa shape index (κ1) is 28.8. The van der Waals surface area contributed by atoms with Crippen molar-refractivity contribution in [2.24, 2.45) is 11.7 Å². The number of hydrogen-bond acceptors (Lipinski definition) is 4. The van der Waals surface area contributed by atoms with Crippen molar-refractivity contribution in [3.05, 3.63) is 119 Å². The third-order valence-electron chi connectivity index (χ3n) is 7.12. The van der Waals surface area contributed by atoms with Gasteiger partial charge in [0, 0.05) is 30.2 Å². The standard InChI is InChI=1S/C35H33FN2O4/c1-21(2)19-38-35(40)29-17-22(8-14-28(29)27-7-5-4-6-25(27)20-41-3)16-23-9-15-31-30(18-23)32(34(37)39)33(42-31)24-10-12-26(36)13-11-24/h4-15,17-18,21H,16,19-20H2,1-3H3,(H2,37,39)(H,38,40). The van der Waals surface area contributed by atoms with Crippen LogP contribution in [0.3, 0.4) is 0 Å². The van der Waals surface area contributed by atoms with Gasteiger partial charge >= 0.3 is 0 Å². The smallest absolute Gasteiger partial charge is 0.253 e. The van der Waals surface area contributed by atoms with Crippen LogP contribution in [0.15, 0.2) is 89.3 Å². The predicted octanol–water partition coefficient (Wildman–Crippen LogP) is 7.13. The van der Waals surface area contributed by atoms with Crippen LogP contribution in [0, 0.1) is 11.7 Å². The van der Waals surface area contributed by atoms with Crippen molar-refractivity contribution >= 4 is 22.8 Å². The van der Waals surface area contributed by atoms with Crippen LogP contribution >= 0.6 is 0 Å². The lowest BCUT2D eigenvalue weighted by Crippen LogP contribution is -2.28. The van der Waals surface area contributed by atoms with Gasteiger partial charge < -0.3 is 20.2 Å². The Hall–Kier alpha value is -4.75. The van der Waals surface area contributed by atoms with E-state index in [1.54, 1.807) is 25.3 Å². The van der Waals surface area contributed by atoms with E-state index in [1.165, 1.54) is 12.1 Å². The molecule has 0 aliphatic heterocycles. The second-order valence-electron chi connectivity index (χ2n) is 10.8. The highest BCUT2D eigenvalue weighted by Crippen LogP contribution is 2.35. The van der Waals surface area contributed by atoms with Crippen LogP contribution in [0.4, 0.5) is 4.39 Å². The third-order valence-corrected chi connectivity index (χ3v) is 7.12. The SMILES string of the molecule is COCc1ccccc1-c1ccc(Cc2ccc3oc(-c4ccc(F)cc4)c(C(N)=O)c3c2)cc1C(=O)NCC(C)C. The van der Waals surface area contributed by atoms with Gasteiger partial charge in [-0.3, -0.25) is 9.59 Å². The number of carbonyl (C=O) groups is 2. The number of fused-ring (bicyclic) bond motifs is 1. The van der Waals surface area contributed by atoms with E-state index in [0.717, 1.165) is 27.8 Å². The number of carbonyl (C=O) groups excluding carboxylic acids is 2. The molecule has 3 N–H and O–H groups in total. The van der Waals surface area contributed by atoms with Crippen molar-refractivity contribution in [2.45, 2.75) is 26.9 Å². The van der Waals surface area contributed by atoms with Crippen LogP contribution < -0.4 is 11.1 Å². The van der Waals surface area contributed by atoms with Gasteiger partial charge in [0.2, 0.25) is 0 Å². The number of methoxy groups -OCH3 is 1. The number of furan rings is 1. The van der Waals surface area contributed by atoms with Gasteiger partial charge in [0.25, 0.3) is 11.8 Å². The van der Waals surface area contributed by atoms with Gasteiger partial charge in [-0.2, -0.15) is 0 Å². The molecular weight excluding hydrogens is 531 g/mol. The summed E-state index contributed by atoms with van der Waals surface area (Å²) in [6.45, 7) is 5.10. The molecule has 0 unspecified atom stereocenters. The first-order valence-corrected chi connectivity index (χ1v) is 13.8. The predicted molar refractivity (Wildman–Crippen MR) is 163 cm³/mol. The van der Waals surface area contributed by atoms with E-state index in [0.29, 0.717) is 53.3 Å². The maximum Gasteiger partial charge on any atom is 0.253 e. The summed E-state index contributed by atoms with van der Waals surface area (Å²) in [6, 6.07) is 25.2. The van der Waals surface area contributed by atoms with E-state index < -0.39 is 5.91 Å². The van der Waals surface area contributed by atoms with Crippen LogP contribution in [-0.4, -0.2) is 25.5 Å². The van der Waals surface area contributed by atoms with Gasteiger partial charge in [-0.25, -0.2) is 4.39 Å². The molecule has 7 heteroatoms. The zero-order valence-electron chi connectivity index (χ0n) is 23.9. The molecule has 0 bridgehead atoms. The summed E-state index contributed by atoms with van der Waals surface area (Å²) in [4.78, 5) is 26.0. The lowest BCUT2D eigenvalue weighted by Gasteiger charge is -2.16. The third kappa shape index (κ3) is 6.11. The molecule has 214 valence electrons. The van der Waals surface area contributed by atoms with Gasteiger partial charge in [-0.1, -0.05) is 56.3 Å². The summed E-state index contributed by atoms with van der Waals surface area (Å²) in [5.41, 5.74) is 12.3. The van der Waals surface area contributed by atoms with Crippen LogP contribution in [0.5, 0.6) is 0 Å². The van der Waals surface area contributed by atoms with Crippen molar-refractivity contribution < 1.29 is 23.1 Å². The van der Waals surface area contributed by atoms with Crippen LogP contribution in [-0.2, 0) is 17.8 Å². The monoisotopic (exact) mass is 564 g/mol. The van der Waals surface area contributed by atoms with Gasteiger partial charge in [0.1, 0.15) is 17.2 Å². The summed E-state index contributed by atoms with van der Waals surface area (Å²) < 4.78 is 24.9. The fourth-order valence-electron chi connectivity index (χ4n) is 5.12. The summed E-state index contributed by atoms with van der Waals surface area (Å²) in [7, 11) is 1.65. The zero-order valence-corrected chi connectivity index (χ0v) is 23.9. The molecule has 0 saturated heterocycles. The zero-order chi connectivity index (χ0) is 29.8. The maximum absolute atomic E-state index is 13.5. The number of hydrogen-bond donors (Lipinski definition) is 2. The van der Waals surface area contributed by atoms with E-state index in [9.17, 15) is 14.0 Å². The van der Waals surface area contributed by atoms with Gasteiger partial charge in [-0.15, -0.1) is 0 Å². The molecule has 0 radical (unpaired) electrons. The largest absolute Gasteiger partial charge is 0.455 e. The number of benzene rings is 4. The first-order valence-electron chi connectivity index (χ1n) is 13.8. The molecular formula is C35H33FN2O4. The number of primary amides is 1. The quantitative estimate of drug-likeness (QED) is 0.189. The molecule has 1 aromatic heterocycles. The van der Waals surface area contributed by atoms with Crippen molar-refractivity contribution in [1.82, 2.24) is 5.32 Å². The Morgan fingerprint density at radius 3 is 2.36 bits per heavy atom. The average Bonchev–Trinajstić information content (AvgIpc) is 3.36.